The third-order valence-electron chi connectivity index (χ3n) is 7.32. The van der Waals surface area contributed by atoms with E-state index in [1.165, 1.54) is 0 Å². The number of esters is 1. The number of epoxide rings is 1. The summed E-state index contributed by atoms with van der Waals surface area (Å²) in [5, 5.41) is 11.6. The molecule has 1 saturated heterocycles. The fraction of sp³-hybridized carbons (Fsp3) is 0.682. The molecule has 0 aromatic heterocycles. The van der Waals surface area contributed by atoms with E-state index in [1.54, 1.807) is 12.1 Å². The summed E-state index contributed by atoms with van der Waals surface area (Å²) in [4.78, 5) is 12.8. The molecule has 4 heteroatoms. The number of hydrogen-bond donors (Lipinski definition) is 1. The quantitative estimate of drug-likeness (QED) is 0.656. The van der Waals surface area contributed by atoms with Crippen molar-refractivity contribution < 1.29 is 19.4 Å². The second-order valence-electron chi connectivity index (χ2n) is 9.41. The van der Waals surface area contributed by atoms with E-state index < -0.39 is 5.60 Å². The average molecular weight is 358 g/mol. The minimum absolute atomic E-state index is 0.0594. The fourth-order valence-corrected chi connectivity index (χ4v) is 5.61. The molecular formula is C22H30O4. The largest absolute Gasteiger partial charge is 0.458 e. The van der Waals surface area contributed by atoms with Crippen LogP contribution in [0.4, 0.5) is 0 Å². The molecule has 4 nitrogen and oxygen atoms in total. The highest BCUT2D eigenvalue weighted by Crippen LogP contribution is 2.63. The summed E-state index contributed by atoms with van der Waals surface area (Å²) in [6.45, 7) is 8.51. The van der Waals surface area contributed by atoms with Gasteiger partial charge in [0.1, 0.15) is 6.10 Å². The van der Waals surface area contributed by atoms with Gasteiger partial charge in [0, 0.05) is 12.3 Å². The van der Waals surface area contributed by atoms with Gasteiger partial charge < -0.3 is 14.6 Å². The van der Waals surface area contributed by atoms with Crippen LogP contribution in [0.1, 0.15) is 63.7 Å². The molecule has 1 aromatic rings. The predicted molar refractivity (Wildman–Crippen MR) is 98.8 cm³/mol. The van der Waals surface area contributed by atoms with Gasteiger partial charge in [-0.1, -0.05) is 39.0 Å². The molecule has 1 N–H and O–H groups in total. The number of hydrogen-bond acceptors (Lipinski definition) is 4. The highest BCUT2D eigenvalue weighted by atomic mass is 16.6. The zero-order valence-electron chi connectivity index (χ0n) is 16.2. The number of carbonyl (C=O) groups is 1. The number of carbonyl (C=O) groups excluding carboxylic acids is 1. The van der Waals surface area contributed by atoms with Crippen LogP contribution in [0, 0.1) is 17.3 Å². The van der Waals surface area contributed by atoms with E-state index >= 15 is 0 Å². The summed E-state index contributed by atoms with van der Waals surface area (Å²) in [5.74, 6) is -0.245. The van der Waals surface area contributed by atoms with E-state index in [1.807, 2.05) is 18.2 Å². The summed E-state index contributed by atoms with van der Waals surface area (Å²) in [6.07, 6.45) is 3.18. The number of ether oxygens (including phenoxy) is 2. The summed E-state index contributed by atoms with van der Waals surface area (Å²) >= 11 is 0. The predicted octanol–water partition coefficient (Wildman–Crippen LogP) is 3.97. The van der Waals surface area contributed by atoms with Gasteiger partial charge in [-0.05, 0) is 49.7 Å². The van der Waals surface area contributed by atoms with E-state index in [0.29, 0.717) is 12.0 Å². The van der Waals surface area contributed by atoms with Crippen LogP contribution in [-0.4, -0.2) is 34.5 Å². The number of benzene rings is 1. The smallest absolute Gasteiger partial charge is 0.338 e. The van der Waals surface area contributed by atoms with Gasteiger partial charge in [0.25, 0.3) is 0 Å². The van der Waals surface area contributed by atoms with Gasteiger partial charge in [-0.2, -0.15) is 0 Å². The van der Waals surface area contributed by atoms with Crippen LogP contribution in [0.25, 0.3) is 0 Å². The molecule has 2 aliphatic carbocycles. The number of rotatable bonds is 3. The van der Waals surface area contributed by atoms with Crippen molar-refractivity contribution in [3.8, 4) is 0 Å². The molecule has 0 bridgehead atoms. The lowest BCUT2D eigenvalue weighted by atomic mass is 9.67. The first-order valence-electron chi connectivity index (χ1n) is 9.84. The maximum Gasteiger partial charge on any atom is 0.338 e. The van der Waals surface area contributed by atoms with Crippen molar-refractivity contribution >= 4 is 5.97 Å². The Bertz CT molecular complexity index is 701. The Kier molecular flexibility index (Phi) is 4.02. The molecule has 0 spiro atoms. The SMILES string of the molecule is CC(C)[C@]1(O)CC[C@]2(C)C[C@@H]3O[C@]3(C)CC(OC(=O)c3ccccc3)C21. The second kappa shape index (κ2) is 5.80. The molecule has 2 unspecified atom stereocenters. The highest BCUT2D eigenvalue weighted by molar-refractivity contribution is 5.89. The van der Waals surface area contributed by atoms with E-state index in [2.05, 4.69) is 27.7 Å². The molecule has 1 heterocycles. The normalized spacial score (nSPS) is 44.2. The monoisotopic (exact) mass is 358 g/mol. The molecule has 142 valence electrons. The molecule has 4 rings (SSSR count). The summed E-state index contributed by atoms with van der Waals surface area (Å²) in [5.41, 5.74) is -0.543. The zero-order chi connectivity index (χ0) is 18.7. The summed E-state index contributed by atoms with van der Waals surface area (Å²) < 4.78 is 12.1. The van der Waals surface area contributed by atoms with Gasteiger partial charge in [0.15, 0.2) is 0 Å². The van der Waals surface area contributed by atoms with Crippen LogP contribution < -0.4 is 0 Å². The first kappa shape index (κ1) is 18.0. The van der Waals surface area contributed by atoms with Crippen molar-refractivity contribution in [2.24, 2.45) is 17.3 Å². The van der Waals surface area contributed by atoms with E-state index in [4.69, 9.17) is 9.47 Å². The molecule has 1 aromatic carbocycles. The maximum absolute atomic E-state index is 12.8. The van der Waals surface area contributed by atoms with E-state index in [-0.39, 0.29) is 41.0 Å². The Morgan fingerprint density at radius 1 is 1.19 bits per heavy atom. The van der Waals surface area contributed by atoms with Crippen molar-refractivity contribution in [1.82, 2.24) is 0 Å². The lowest BCUT2D eigenvalue weighted by Crippen LogP contribution is -2.50. The van der Waals surface area contributed by atoms with Gasteiger partial charge >= 0.3 is 5.97 Å². The summed E-state index contributed by atoms with van der Waals surface area (Å²) in [6, 6.07) is 9.13. The van der Waals surface area contributed by atoms with Crippen molar-refractivity contribution in [2.75, 3.05) is 0 Å². The first-order valence-corrected chi connectivity index (χ1v) is 9.84. The van der Waals surface area contributed by atoms with E-state index in [9.17, 15) is 9.90 Å². The van der Waals surface area contributed by atoms with Crippen LogP contribution in [0.3, 0.4) is 0 Å². The van der Waals surface area contributed by atoms with Crippen LogP contribution >= 0.6 is 0 Å². The molecule has 0 amide bonds. The van der Waals surface area contributed by atoms with Gasteiger partial charge in [-0.25, -0.2) is 4.79 Å². The highest BCUT2D eigenvalue weighted by Gasteiger charge is 2.68. The third kappa shape index (κ3) is 2.69. The van der Waals surface area contributed by atoms with Gasteiger partial charge in [0.05, 0.1) is 22.9 Å². The average Bonchev–Trinajstić information content (AvgIpc) is 3.13. The number of aliphatic hydroxyl groups is 1. The summed E-state index contributed by atoms with van der Waals surface area (Å²) in [7, 11) is 0. The molecule has 26 heavy (non-hydrogen) atoms. The van der Waals surface area contributed by atoms with Gasteiger partial charge in [-0.3, -0.25) is 0 Å². The Balaban J connectivity index is 1.68. The van der Waals surface area contributed by atoms with Crippen LogP contribution in [0.5, 0.6) is 0 Å². The lowest BCUT2D eigenvalue weighted by Gasteiger charge is -2.44. The van der Waals surface area contributed by atoms with Crippen LogP contribution in [-0.2, 0) is 9.47 Å². The minimum atomic E-state index is -0.802. The third-order valence-corrected chi connectivity index (χ3v) is 7.32. The van der Waals surface area contributed by atoms with Crippen molar-refractivity contribution in [1.29, 1.82) is 0 Å². The molecule has 0 radical (unpaired) electrons. The fourth-order valence-electron chi connectivity index (χ4n) is 5.61. The Morgan fingerprint density at radius 2 is 1.88 bits per heavy atom. The Labute approximate surface area is 155 Å². The lowest BCUT2D eigenvalue weighted by molar-refractivity contribution is -0.120. The first-order chi connectivity index (χ1) is 12.2. The molecule has 3 aliphatic rings. The Morgan fingerprint density at radius 3 is 2.54 bits per heavy atom. The maximum atomic E-state index is 12.8. The van der Waals surface area contributed by atoms with Crippen molar-refractivity contribution in [2.45, 2.75) is 76.8 Å². The van der Waals surface area contributed by atoms with Crippen molar-refractivity contribution in [3.63, 3.8) is 0 Å². The van der Waals surface area contributed by atoms with Gasteiger partial charge in [0.2, 0.25) is 0 Å². The molecule has 6 atom stereocenters. The van der Waals surface area contributed by atoms with Crippen LogP contribution in [0.15, 0.2) is 30.3 Å². The van der Waals surface area contributed by atoms with Crippen molar-refractivity contribution in [3.05, 3.63) is 35.9 Å². The van der Waals surface area contributed by atoms with E-state index in [0.717, 1.165) is 19.3 Å². The Hall–Kier alpha value is -1.39. The molecular weight excluding hydrogens is 328 g/mol. The van der Waals surface area contributed by atoms with Gasteiger partial charge in [-0.15, -0.1) is 0 Å². The number of fused-ring (bicyclic) bond motifs is 2. The molecule has 1 aliphatic heterocycles. The molecule has 3 fully saturated rings. The minimum Gasteiger partial charge on any atom is -0.458 e. The van der Waals surface area contributed by atoms with Crippen LogP contribution in [0.2, 0.25) is 0 Å². The second-order valence-corrected chi connectivity index (χ2v) is 9.41. The topological polar surface area (TPSA) is 59.1 Å². The standard InChI is InChI=1S/C22H30O4/c1-14(2)22(24)11-10-20(3)13-17-21(4,26-17)12-16(18(20)22)25-19(23)15-8-6-5-7-9-15/h5-9,14,16-18,24H,10-13H2,1-4H3/t16?,17-,18?,20+,21+,22+/m0/s1. The molecule has 2 saturated carbocycles. The zero-order valence-corrected chi connectivity index (χ0v) is 16.2.